The van der Waals surface area contributed by atoms with Gasteiger partial charge in [0.2, 0.25) is 5.91 Å². The van der Waals surface area contributed by atoms with E-state index in [1.807, 2.05) is 19.1 Å². The maximum Gasteiger partial charge on any atom is 0.236 e. The minimum Gasteiger partial charge on any atom is -0.504 e. The molecule has 140 valence electrons. The second-order valence-corrected chi connectivity index (χ2v) is 7.65. The van der Waals surface area contributed by atoms with Crippen LogP contribution in [-0.2, 0) is 11.3 Å². The molecule has 0 saturated carbocycles. The summed E-state index contributed by atoms with van der Waals surface area (Å²) in [5.74, 6) is 0.639. The molecule has 0 aliphatic carbocycles. The van der Waals surface area contributed by atoms with Gasteiger partial charge in [0.1, 0.15) is 6.61 Å². The summed E-state index contributed by atoms with van der Waals surface area (Å²) in [5.41, 5.74) is 2.96. The maximum atomic E-state index is 12.1. The van der Waals surface area contributed by atoms with Crippen LogP contribution >= 0.6 is 11.3 Å². The first-order valence-corrected chi connectivity index (χ1v) is 9.87. The number of rotatable bonds is 3. The van der Waals surface area contributed by atoms with Crippen molar-refractivity contribution in [2.45, 2.75) is 19.5 Å². The lowest BCUT2D eigenvalue weighted by molar-refractivity contribution is -0.125. The molecule has 1 amide bonds. The van der Waals surface area contributed by atoms with Crippen LogP contribution in [0.3, 0.4) is 0 Å². The number of hydrogen-bond acceptors (Lipinski definition) is 5. The summed E-state index contributed by atoms with van der Waals surface area (Å²) in [5, 5.41) is 16.6. The third-order valence-corrected chi connectivity index (χ3v) is 6.07. The Hall–Kier alpha value is -2.57. The fraction of sp³-hybridized carbons (Fsp3) is 0.286. The highest BCUT2D eigenvalue weighted by atomic mass is 32.1. The first-order valence-electron chi connectivity index (χ1n) is 8.99. The van der Waals surface area contributed by atoms with Crippen LogP contribution in [0.5, 0.6) is 11.5 Å². The fourth-order valence-electron chi connectivity index (χ4n) is 3.58. The predicted molar refractivity (Wildman–Crippen MR) is 108 cm³/mol. The number of carbonyl (C=O) groups excluding carboxylic acids is 1. The van der Waals surface area contributed by atoms with Crippen LogP contribution in [0.25, 0.3) is 21.2 Å². The molecule has 2 N–H and O–H groups in total. The van der Waals surface area contributed by atoms with Crippen LogP contribution in [0.1, 0.15) is 12.5 Å². The highest BCUT2D eigenvalue weighted by molar-refractivity contribution is 7.17. The lowest BCUT2D eigenvalue weighted by Crippen LogP contribution is -2.44. The topological polar surface area (TPSA) is 61.8 Å². The van der Waals surface area contributed by atoms with Crippen molar-refractivity contribution in [3.8, 4) is 22.6 Å². The summed E-state index contributed by atoms with van der Waals surface area (Å²) in [7, 11) is 1.65. The third kappa shape index (κ3) is 3.26. The lowest BCUT2D eigenvalue weighted by atomic mass is 10.0. The minimum atomic E-state index is -0.266. The van der Waals surface area contributed by atoms with Gasteiger partial charge in [-0.25, -0.2) is 0 Å². The zero-order chi connectivity index (χ0) is 19.0. The summed E-state index contributed by atoms with van der Waals surface area (Å²) < 4.78 is 7.03. The van der Waals surface area contributed by atoms with Crippen molar-refractivity contribution in [1.82, 2.24) is 10.2 Å². The molecule has 6 heteroatoms. The molecule has 0 fully saturated rings. The summed E-state index contributed by atoms with van der Waals surface area (Å²) in [6, 6.07) is 11.8. The van der Waals surface area contributed by atoms with Crippen LogP contribution in [0.2, 0.25) is 0 Å². The standard InChI is InChI=1S/C21H22N2O3S/c1-13(21(25)22-2)23-7-8-26-20-15(11-23)9-14(10-18(20)24)17-12-27-19-6-4-3-5-16(17)19/h3-6,9-10,12-13,24H,7-8,11H2,1-2H3,(H,22,25)/t13-/m1/s1. The zero-order valence-electron chi connectivity index (χ0n) is 15.4. The van der Waals surface area contributed by atoms with Crippen molar-refractivity contribution in [2.75, 3.05) is 20.2 Å². The number of nitrogens with one attached hydrogen (secondary N) is 1. The van der Waals surface area contributed by atoms with E-state index in [0.29, 0.717) is 25.4 Å². The maximum absolute atomic E-state index is 12.1. The Morgan fingerprint density at radius 3 is 2.96 bits per heavy atom. The number of aromatic hydroxyl groups is 1. The molecule has 1 aromatic heterocycles. The van der Waals surface area contributed by atoms with Gasteiger partial charge in [-0.05, 0) is 36.1 Å². The van der Waals surface area contributed by atoms with Gasteiger partial charge in [-0.3, -0.25) is 9.69 Å². The molecule has 0 bridgehead atoms. The van der Waals surface area contributed by atoms with Crippen molar-refractivity contribution >= 4 is 27.3 Å². The monoisotopic (exact) mass is 382 g/mol. The van der Waals surface area contributed by atoms with E-state index in [-0.39, 0.29) is 17.7 Å². The molecule has 1 atom stereocenters. The van der Waals surface area contributed by atoms with Crippen molar-refractivity contribution in [3.05, 3.63) is 47.3 Å². The smallest absolute Gasteiger partial charge is 0.236 e. The normalized spacial score (nSPS) is 15.6. The molecule has 27 heavy (non-hydrogen) atoms. The van der Waals surface area contributed by atoms with E-state index in [9.17, 15) is 9.90 Å². The Bertz CT molecular complexity index is 998. The van der Waals surface area contributed by atoms with Gasteiger partial charge in [-0.1, -0.05) is 18.2 Å². The zero-order valence-corrected chi connectivity index (χ0v) is 16.2. The van der Waals surface area contributed by atoms with E-state index >= 15 is 0 Å². The fourth-order valence-corrected chi connectivity index (χ4v) is 4.55. The van der Waals surface area contributed by atoms with E-state index in [1.54, 1.807) is 24.5 Å². The first kappa shape index (κ1) is 17.8. The van der Waals surface area contributed by atoms with E-state index in [4.69, 9.17) is 4.74 Å². The second kappa shape index (κ2) is 7.21. The lowest BCUT2D eigenvalue weighted by Gasteiger charge is -2.25. The molecule has 1 aliphatic heterocycles. The van der Waals surface area contributed by atoms with Crippen molar-refractivity contribution in [3.63, 3.8) is 0 Å². The highest BCUT2D eigenvalue weighted by Gasteiger charge is 2.26. The predicted octanol–water partition coefficient (Wildman–Crippen LogP) is 3.60. The molecule has 4 rings (SSSR count). The van der Waals surface area contributed by atoms with Gasteiger partial charge in [0.05, 0.1) is 6.04 Å². The molecule has 2 heterocycles. The third-order valence-electron chi connectivity index (χ3n) is 5.11. The average Bonchev–Trinajstić information content (AvgIpc) is 2.99. The molecule has 0 saturated heterocycles. The van der Waals surface area contributed by atoms with Gasteiger partial charge in [-0.15, -0.1) is 11.3 Å². The van der Waals surface area contributed by atoms with Gasteiger partial charge in [0.25, 0.3) is 0 Å². The molecule has 3 aromatic rings. The number of likely N-dealkylation sites (N-methyl/N-ethyl adjacent to an activating group) is 1. The average molecular weight is 382 g/mol. The van der Waals surface area contributed by atoms with Crippen molar-refractivity contribution < 1.29 is 14.6 Å². The number of hydrogen-bond donors (Lipinski definition) is 2. The minimum absolute atomic E-state index is 0.0253. The van der Waals surface area contributed by atoms with Crippen LogP contribution < -0.4 is 10.1 Å². The SMILES string of the molecule is CNC(=O)[C@@H](C)N1CCOc2c(O)cc(-c3csc4ccccc34)cc2C1. The Morgan fingerprint density at radius 1 is 1.33 bits per heavy atom. The van der Waals surface area contributed by atoms with E-state index in [0.717, 1.165) is 16.7 Å². The van der Waals surface area contributed by atoms with Gasteiger partial charge in [0.15, 0.2) is 11.5 Å². The summed E-state index contributed by atoms with van der Waals surface area (Å²) in [6.07, 6.45) is 0. The molecule has 0 spiro atoms. The molecule has 2 aromatic carbocycles. The summed E-state index contributed by atoms with van der Waals surface area (Å²) in [6.45, 7) is 3.50. The Kier molecular flexibility index (Phi) is 4.76. The number of carbonyl (C=O) groups is 1. The largest absolute Gasteiger partial charge is 0.504 e. The molecule has 1 aliphatic rings. The van der Waals surface area contributed by atoms with Gasteiger partial charge >= 0.3 is 0 Å². The molecular weight excluding hydrogens is 360 g/mol. The number of phenols is 1. The number of thiophene rings is 1. The number of nitrogens with zero attached hydrogens (tertiary/aromatic N) is 1. The number of benzene rings is 2. The van der Waals surface area contributed by atoms with E-state index in [2.05, 4.69) is 33.8 Å². The van der Waals surface area contributed by atoms with Crippen molar-refractivity contribution in [1.29, 1.82) is 0 Å². The quantitative estimate of drug-likeness (QED) is 0.727. The molecular formula is C21H22N2O3S. The van der Waals surface area contributed by atoms with Crippen LogP contribution in [0.15, 0.2) is 41.8 Å². The Balaban J connectivity index is 1.75. The first-order chi connectivity index (χ1) is 13.1. The van der Waals surface area contributed by atoms with Crippen LogP contribution in [0, 0.1) is 0 Å². The molecule has 5 nitrogen and oxygen atoms in total. The van der Waals surface area contributed by atoms with Crippen molar-refractivity contribution in [2.24, 2.45) is 0 Å². The Morgan fingerprint density at radius 2 is 2.15 bits per heavy atom. The number of phenolic OH excluding ortho intramolecular Hbond substituents is 1. The number of ether oxygens (including phenoxy) is 1. The van der Waals surface area contributed by atoms with E-state index < -0.39 is 0 Å². The second-order valence-electron chi connectivity index (χ2n) is 6.74. The van der Waals surface area contributed by atoms with Gasteiger partial charge < -0.3 is 15.2 Å². The molecule has 0 radical (unpaired) electrons. The Labute approximate surface area is 162 Å². The van der Waals surface area contributed by atoms with Gasteiger partial charge in [-0.2, -0.15) is 0 Å². The van der Waals surface area contributed by atoms with E-state index in [1.165, 1.54) is 10.1 Å². The van der Waals surface area contributed by atoms with Gasteiger partial charge in [0, 0.05) is 41.4 Å². The van der Waals surface area contributed by atoms with Crippen LogP contribution in [0.4, 0.5) is 0 Å². The summed E-state index contributed by atoms with van der Waals surface area (Å²) >= 11 is 1.69. The summed E-state index contributed by atoms with van der Waals surface area (Å²) in [4.78, 5) is 14.1. The van der Waals surface area contributed by atoms with Crippen LogP contribution in [-0.4, -0.2) is 42.2 Å². The number of amides is 1. The highest BCUT2D eigenvalue weighted by Crippen LogP contribution is 2.41. The molecule has 0 unspecified atom stereocenters. The number of fused-ring (bicyclic) bond motifs is 2.